The fourth-order valence-corrected chi connectivity index (χ4v) is 5.14. The first kappa shape index (κ1) is 19.8. The molecule has 0 aliphatic heterocycles. The second-order valence-electron chi connectivity index (χ2n) is 8.26. The van der Waals surface area contributed by atoms with E-state index in [-0.39, 0.29) is 47.1 Å². The average molecular weight is 428 g/mol. The Morgan fingerprint density at radius 3 is 2.81 bits per heavy atom. The zero-order valence-electron chi connectivity index (χ0n) is 16.9. The molecule has 3 fully saturated rings. The summed E-state index contributed by atoms with van der Waals surface area (Å²) in [6, 6.07) is 0.999. The number of anilines is 1. The number of aromatic amines is 1. The van der Waals surface area contributed by atoms with Crippen molar-refractivity contribution in [1.82, 2.24) is 25.1 Å². The van der Waals surface area contributed by atoms with Crippen LogP contribution in [-0.4, -0.2) is 44.3 Å². The van der Waals surface area contributed by atoms with Gasteiger partial charge in [-0.3, -0.25) is 9.89 Å². The van der Waals surface area contributed by atoms with E-state index in [2.05, 4.69) is 30.5 Å². The Labute approximate surface area is 176 Å². The number of halogens is 2. The van der Waals surface area contributed by atoms with Crippen LogP contribution in [-0.2, 0) is 9.53 Å². The number of rotatable bonds is 4. The number of fused-ring (bicyclic) bond motifs is 5. The van der Waals surface area contributed by atoms with Crippen LogP contribution in [0.2, 0.25) is 0 Å². The molecule has 3 unspecified atom stereocenters. The molecule has 0 spiro atoms. The Balaban J connectivity index is 1.52. The number of hydrogen-bond acceptors (Lipinski definition) is 7. The summed E-state index contributed by atoms with van der Waals surface area (Å²) in [7, 11) is 1.39. The van der Waals surface area contributed by atoms with Crippen molar-refractivity contribution in [2.45, 2.75) is 38.1 Å². The van der Waals surface area contributed by atoms with Gasteiger partial charge in [-0.05, 0) is 43.6 Å². The molecule has 3 aliphatic rings. The molecule has 6 rings (SSSR count). The van der Waals surface area contributed by atoms with Crippen molar-refractivity contribution in [1.29, 1.82) is 0 Å². The van der Waals surface area contributed by atoms with Crippen molar-refractivity contribution in [3.05, 3.63) is 30.1 Å². The number of ether oxygens (including phenoxy) is 1. The molecule has 3 saturated carbocycles. The van der Waals surface area contributed by atoms with Gasteiger partial charge in [-0.25, -0.2) is 23.7 Å². The van der Waals surface area contributed by atoms with E-state index >= 15 is 0 Å². The summed E-state index contributed by atoms with van der Waals surface area (Å²) in [4.78, 5) is 24.9. The molecule has 3 heterocycles. The van der Waals surface area contributed by atoms with E-state index in [1.807, 2.05) is 0 Å². The minimum Gasteiger partial charge on any atom is -0.469 e. The highest BCUT2D eigenvalue weighted by atomic mass is 19.1. The van der Waals surface area contributed by atoms with E-state index in [0.717, 1.165) is 44.5 Å². The van der Waals surface area contributed by atoms with Gasteiger partial charge in [0.05, 0.1) is 30.8 Å². The van der Waals surface area contributed by atoms with Gasteiger partial charge in [0.25, 0.3) is 0 Å². The average Bonchev–Trinajstić information content (AvgIpc) is 2.94. The molecule has 0 saturated heterocycles. The van der Waals surface area contributed by atoms with Crippen molar-refractivity contribution in [3.8, 4) is 11.5 Å². The predicted octanol–water partition coefficient (Wildman–Crippen LogP) is 3.47. The van der Waals surface area contributed by atoms with Crippen molar-refractivity contribution < 1.29 is 18.3 Å². The molecule has 2 bridgehead atoms. The van der Waals surface area contributed by atoms with Gasteiger partial charge >= 0.3 is 5.97 Å². The van der Waals surface area contributed by atoms with E-state index in [4.69, 9.17) is 4.74 Å². The molecule has 3 aromatic heterocycles. The molecular formula is C21H22F2N6O2. The van der Waals surface area contributed by atoms with Crippen LogP contribution in [0.15, 0.2) is 18.5 Å². The summed E-state index contributed by atoms with van der Waals surface area (Å²) in [6.07, 6.45) is 7.05. The monoisotopic (exact) mass is 428 g/mol. The third-order valence-corrected chi connectivity index (χ3v) is 6.58. The third kappa shape index (κ3) is 3.49. The van der Waals surface area contributed by atoms with Gasteiger partial charge in [-0.2, -0.15) is 5.10 Å². The number of methoxy groups -OCH3 is 1. The van der Waals surface area contributed by atoms with Crippen LogP contribution < -0.4 is 5.32 Å². The SMILES string of the molecule is COC(=O)[C@@H]1C2CCCC(CC2)C1Nc1nc(-c2n[nH]c3ncc(F)cc23)ncc1F. The highest BCUT2D eigenvalue weighted by Gasteiger charge is 2.46. The number of nitrogens with one attached hydrogen (secondary N) is 2. The number of carbonyl (C=O) groups is 1. The third-order valence-electron chi connectivity index (χ3n) is 6.58. The van der Waals surface area contributed by atoms with E-state index < -0.39 is 11.6 Å². The highest BCUT2D eigenvalue weighted by molar-refractivity contribution is 5.88. The molecule has 8 nitrogen and oxygen atoms in total. The second-order valence-corrected chi connectivity index (χ2v) is 8.26. The lowest BCUT2D eigenvalue weighted by molar-refractivity contribution is -0.149. The van der Waals surface area contributed by atoms with Crippen LogP contribution in [0.5, 0.6) is 0 Å². The molecule has 3 aliphatic carbocycles. The maximum absolute atomic E-state index is 14.7. The summed E-state index contributed by atoms with van der Waals surface area (Å²) >= 11 is 0. The van der Waals surface area contributed by atoms with E-state index in [1.54, 1.807) is 0 Å². The molecule has 10 heteroatoms. The van der Waals surface area contributed by atoms with Crippen LogP contribution in [0, 0.1) is 29.4 Å². The zero-order chi connectivity index (χ0) is 21.5. The summed E-state index contributed by atoms with van der Waals surface area (Å²) in [5.41, 5.74) is 0.655. The number of carbonyl (C=O) groups excluding carboxylic acids is 1. The first-order valence-corrected chi connectivity index (χ1v) is 10.4. The van der Waals surface area contributed by atoms with Crippen molar-refractivity contribution in [2.24, 2.45) is 17.8 Å². The van der Waals surface area contributed by atoms with Crippen LogP contribution in [0.1, 0.15) is 32.1 Å². The quantitative estimate of drug-likeness (QED) is 0.613. The maximum atomic E-state index is 14.7. The van der Waals surface area contributed by atoms with Gasteiger partial charge in [0, 0.05) is 6.04 Å². The number of nitrogens with zero attached hydrogens (tertiary/aromatic N) is 4. The van der Waals surface area contributed by atoms with Crippen LogP contribution in [0.25, 0.3) is 22.6 Å². The van der Waals surface area contributed by atoms with Gasteiger partial charge in [0.1, 0.15) is 11.5 Å². The summed E-state index contributed by atoms with van der Waals surface area (Å²) in [5.74, 6) is -1.21. The Morgan fingerprint density at radius 2 is 1.97 bits per heavy atom. The van der Waals surface area contributed by atoms with Gasteiger partial charge < -0.3 is 10.1 Å². The molecule has 0 aromatic carbocycles. The Bertz CT molecular complexity index is 1130. The molecular weight excluding hydrogens is 406 g/mol. The van der Waals surface area contributed by atoms with E-state index in [1.165, 1.54) is 13.2 Å². The maximum Gasteiger partial charge on any atom is 0.311 e. The fourth-order valence-electron chi connectivity index (χ4n) is 5.14. The lowest BCUT2D eigenvalue weighted by atomic mass is 9.71. The van der Waals surface area contributed by atoms with Crippen LogP contribution in [0.3, 0.4) is 0 Å². The smallest absolute Gasteiger partial charge is 0.311 e. The molecule has 3 aromatic rings. The number of hydrogen-bond donors (Lipinski definition) is 2. The summed E-state index contributed by atoms with van der Waals surface area (Å²) < 4.78 is 33.4. The summed E-state index contributed by atoms with van der Waals surface area (Å²) in [6.45, 7) is 0. The second kappa shape index (κ2) is 7.82. The first-order chi connectivity index (χ1) is 15.0. The van der Waals surface area contributed by atoms with Crippen LogP contribution >= 0.6 is 0 Å². The molecule has 31 heavy (non-hydrogen) atoms. The van der Waals surface area contributed by atoms with Gasteiger partial charge in [-0.1, -0.05) is 6.42 Å². The Morgan fingerprint density at radius 1 is 1.16 bits per heavy atom. The molecule has 2 N–H and O–H groups in total. The lowest BCUT2D eigenvalue weighted by Gasteiger charge is -2.39. The topological polar surface area (TPSA) is 106 Å². The van der Waals surface area contributed by atoms with Crippen molar-refractivity contribution in [2.75, 3.05) is 12.4 Å². The number of pyridine rings is 1. The number of H-pyrrole nitrogens is 1. The zero-order valence-corrected chi connectivity index (χ0v) is 16.9. The minimum absolute atomic E-state index is 0.00281. The number of aromatic nitrogens is 5. The van der Waals surface area contributed by atoms with Crippen molar-refractivity contribution in [3.63, 3.8) is 0 Å². The fraction of sp³-hybridized carbons (Fsp3) is 0.476. The summed E-state index contributed by atoms with van der Waals surface area (Å²) in [5, 5.41) is 10.4. The van der Waals surface area contributed by atoms with Gasteiger partial charge in [-0.15, -0.1) is 0 Å². The number of esters is 1. The van der Waals surface area contributed by atoms with Gasteiger partial charge in [0.15, 0.2) is 23.1 Å². The minimum atomic E-state index is -0.628. The normalized spacial score (nSPS) is 25.4. The van der Waals surface area contributed by atoms with Crippen molar-refractivity contribution >= 4 is 22.8 Å². The highest BCUT2D eigenvalue weighted by Crippen LogP contribution is 2.44. The molecule has 0 radical (unpaired) electrons. The first-order valence-electron chi connectivity index (χ1n) is 10.4. The largest absolute Gasteiger partial charge is 0.469 e. The van der Waals surface area contributed by atoms with E-state index in [0.29, 0.717) is 11.0 Å². The lowest BCUT2D eigenvalue weighted by Crippen LogP contribution is -2.47. The molecule has 162 valence electrons. The Kier molecular flexibility index (Phi) is 4.99. The molecule has 4 atom stereocenters. The standard InChI is InChI=1S/C21H22F2N6O2/c1-31-21(30)15-10-3-2-4-11(6-5-10)16(15)26-19-14(23)9-25-20(27-19)17-13-7-12(22)8-24-18(13)29-28-17/h7-11,15-16H,2-6H2,1H3,(H,24,28,29)(H,25,26,27)/t10?,11?,15-,16?/m1/s1. The Hall–Kier alpha value is -3.17. The van der Waals surface area contributed by atoms with Crippen LogP contribution in [0.4, 0.5) is 14.6 Å². The predicted molar refractivity (Wildman–Crippen MR) is 108 cm³/mol. The van der Waals surface area contributed by atoms with E-state index in [9.17, 15) is 13.6 Å². The van der Waals surface area contributed by atoms with Gasteiger partial charge in [0.2, 0.25) is 0 Å². The molecule has 0 amide bonds.